The molecule has 1 aromatic carbocycles. The van der Waals surface area contributed by atoms with E-state index < -0.39 is 0 Å². The number of hydrogen-bond acceptors (Lipinski definition) is 3. The first kappa shape index (κ1) is 15.8. The SMILES string of the molecule is CCC(C)n1ccc(CC(=O)CSc2ccc(C)cc2)n1. The second kappa shape index (κ2) is 7.46. The lowest BCUT2D eigenvalue weighted by Gasteiger charge is -2.08. The average molecular weight is 302 g/mol. The number of aryl methyl sites for hydroxylation is 1. The van der Waals surface area contributed by atoms with Crippen LogP contribution >= 0.6 is 11.8 Å². The fourth-order valence-corrected chi connectivity index (χ4v) is 2.71. The van der Waals surface area contributed by atoms with Gasteiger partial charge in [-0.2, -0.15) is 5.10 Å². The molecule has 1 unspecified atom stereocenters. The Bertz CT molecular complexity index is 589. The van der Waals surface area contributed by atoms with Crippen LogP contribution < -0.4 is 0 Å². The lowest BCUT2D eigenvalue weighted by atomic mass is 10.2. The first-order valence-electron chi connectivity index (χ1n) is 7.33. The molecule has 0 radical (unpaired) electrons. The third-order valence-electron chi connectivity index (χ3n) is 3.51. The van der Waals surface area contributed by atoms with Gasteiger partial charge in [0.15, 0.2) is 0 Å². The third-order valence-corrected chi connectivity index (χ3v) is 4.58. The van der Waals surface area contributed by atoms with Gasteiger partial charge in [-0.15, -0.1) is 11.8 Å². The standard InChI is InChI=1S/C17H22N2OS/c1-4-14(3)19-10-9-15(18-19)11-16(20)12-21-17-7-5-13(2)6-8-17/h5-10,14H,4,11-12H2,1-3H3. The molecular formula is C17H22N2OS. The lowest BCUT2D eigenvalue weighted by Crippen LogP contribution is -2.09. The van der Waals surface area contributed by atoms with Crippen LogP contribution in [0.4, 0.5) is 0 Å². The Balaban J connectivity index is 1.84. The Morgan fingerprint density at radius 2 is 2.00 bits per heavy atom. The maximum absolute atomic E-state index is 12.0. The molecule has 3 nitrogen and oxygen atoms in total. The summed E-state index contributed by atoms with van der Waals surface area (Å²) < 4.78 is 1.94. The Morgan fingerprint density at radius 3 is 2.67 bits per heavy atom. The lowest BCUT2D eigenvalue weighted by molar-refractivity contribution is -0.116. The van der Waals surface area contributed by atoms with Crippen molar-refractivity contribution in [3.05, 3.63) is 47.8 Å². The van der Waals surface area contributed by atoms with Gasteiger partial charge < -0.3 is 0 Å². The Labute approximate surface area is 130 Å². The molecule has 0 saturated carbocycles. The molecule has 0 amide bonds. The molecule has 0 spiro atoms. The molecule has 0 fully saturated rings. The fraction of sp³-hybridized carbons (Fsp3) is 0.412. The molecule has 0 aliphatic rings. The molecule has 4 heteroatoms. The molecular weight excluding hydrogens is 280 g/mol. The van der Waals surface area contributed by atoms with Crippen molar-refractivity contribution in [3.63, 3.8) is 0 Å². The highest BCUT2D eigenvalue weighted by molar-refractivity contribution is 8.00. The Hall–Kier alpha value is -1.55. The minimum atomic E-state index is 0.218. The molecule has 0 saturated heterocycles. The summed E-state index contributed by atoms with van der Waals surface area (Å²) in [5, 5.41) is 4.47. The quantitative estimate of drug-likeness (QED) is 0.723. The summed E-state index contributed by atoms with van der Waals surface area (Å²) in [4.78, 5) is 13.2. The first-order valence-corrected chi connectivity index (χ1v) is 8.32. The molecule has 2 rings (SSSR count). The van der Waals surface area contributed by atoms with Crippen molar-refractivity contribution in [2.45, 2.75) is 44.6 Å². The van der Waals surface area contributed by atoms with Gasteiger partial charge >= 0.3 is 0 Å². The molecule has 0 aliphatic heterocycles. The largest absolute Gasteiger partial charge is 0.298 e. The number of nitrogens with zero attached hydrogens (tertiary/aromatic N) is 2. The molecule has 112 valence electrons. The van der Waals surface area contributed by atoms with Gasteiger partial charge in [0.25, 0.3) is 0 Å². The van der Waals surface area contributed by atoms with Crippen LogP contribution in [0.15, 0.2) is 41.4 Å². The highest BCUT2D eigenvalue weighted by Crippen LogP contribution is 2.19. The summed E-state index contributed by atoms with van der Waals surface area (Å²) in [5.74, 6) is 0.717. The van der Waals surface area contributed by atoms with Crippen molar-refractivity contribution < 1.29 is 4.79 Å². The van der Waals surface area contributed by atoms with Crippen molar-refractivity contribution in [3.8, 4) is 0 Å². The zero-order chi connectivity index (χ0) is 15.2. The summed E-state index contributed by atoms with van der Waals surface area (Å²) in [6.07, 6.45) is 3.42. The number of carbonyl (C=O) groups is 1. The van der Waals surface area contributed by atoms with Crippen LogP contribution in [-0.2, 0) is 11.2 Å². The molecule has 21 heavy (non-hydrogen) atoms. The van der Waals surface area contributed by atoms with Gasteiger partial charge in [-0.05, 0) is 38.5 Å². The summed E-state index contributed by atoms with van der Waals surface area (Å²) in [7, 11) is 0. The van der Waals surface area contributed by atoms with Crippen LogP contribution in [0.1, 0.15) is 37.6 Å². The number of ketones is 1. The van der Waals surface area contributed by atoms with Gasteiger partial charge in [0.1, 0.15) is 5.78 Å². The van der Waals surface area contributed by atoms with E-state index in [2.05, 4.69) is 50.1 Å². The maximum atomic E-state index is 12.0. The van der Waals surface area contributed by atoms with E-state index in [1.54, 1.807) is 11.8 Å². The van der Waals surface area contributed by atoms with Crippen LogP contribution in [-0.4, -0.2) is 21.3 Å². The van der Waals surface area contributed by atoms with Gasteiger partial charge in [-0.25, -0.2) is 0 Å². The Morgan fingerprint density at radius 1 is 1.29 bits per heavy atom. The van der Waals surface area contributed by atoms with Crippen molar-refractivity contribution in [1.82, 2.24) is 9.78 Å². The molecule has 0 bridgehead atoms. The van der Waals surface area contributed by atoms with Crippen LogP contribution in [0.5, 0.6) is 0 Å². The summed E-state index contributed by atoms with van der Waals surface area (Å²) >= 11 is 1.59. The van der Waals surface area contributed by atoms with E-state index in [1.807, 2.05) is 16.9 Å². The zero-order valence-electron chi connectivity index (χ0n) is 12.9. The second-order valence-electron chi connectivity index (χ2n) is 5.36. The van der Waals surface area contributed by atoms with Crippen LogP contribution in [0, 0.1) is 6.92 Å². The van der Waals surface area contributed by atoms with Gasteiger partial charge in [0.05, 0.1) is 17.9 Å². The van der Waals surface area contributed by atoms with Crippen molar-refractivity contribution in [1.29, 1.82) is 0 Å². The van der Waals surface area contributed by atoms with Gasteiger partial charge in [0, 0.05) is 17.1 Å². The highest BCUT2D eigenvalue weighted by Gasteiger charge is 2.09. The van der Waals surface area contributed by atoms with Crippen LogP contribution in [0.25, 0.3) is 0 Å². The predicted molar refractivity (Wildman–Crippen MR) is 87.8 cm³/mol. The monoisotopic (exact) mass is 302 g/mol. The van der Waals surface area contributed by atoms with Crippen LogP contribution in [0.3, 0.4) is 0 Å². The van der Waals surface area contributed by atoms with E-state index in [0.29, 0.717) is 18.2 Å². The molecule has 0 N–H and O–H groups in total. The molecule has 1 atom stereocenters. The summed E-state index contributed by atoms with van der Waals surface area (Å²) in [6.45, 7) is 6.33. The second-order valence-corrected chi connectivity index (χ2v) is 6.41. The molecule has 0 aliphatic carbocycles. The zero-order valence-corrected chi connectivity index (χ0v) is 13.7. The van der Waals surface area contributed by atoms with E-state index >= 15 is 0 Å². The fourth-order valence-electron chi connectivity index (χ4n) is 1.96. The van der Waals surface area contributed by atoms with E-state index in [-0.39, 0.29) is 5.78 Å². The van der Waals surface area contributed by atoms with Gasteiger partial charge in [0.2, 0.25) is 0 Å². The smallest absolute Gasteiger partial charge is 0.149 e. The number of thioether (sulfide) groups is 1. The van der Waals surface area contributed by atoms with Crippen molar-refractivity contribution in [2.75, 3.05) is 5.75 Å². The third kappa shape index (κ3) is 4.74. The first-order chi connectivity index (χ1) is 10.1. The molecule has 2 aromatic rings. The number of hydrogen-bond donors (Lipinski definition) is 0. The van der Waals surface area contributed by atoms with Gasteiger partial charge in [-0.1, -0.05) is 24.6 Å². The Kier molecular flexibility index (Phi) is 5.62. The topological polar surface area (TPSA) is 34.9 Å². The minimum Gasteiger partial charge on any atom is -0.298 e. The average Bonchev–Trinajstić information content (AvgIpc) is 2.94. The van der Waals surface area contributed by atoms with E-state index in [1.165, 1.54) is 5.56 Å². The number of rotatable bonds is 7. The van der Waals surface area contributed by atoms with E-state index in [0.717, 1.165) is 17.0 Å². The predicted octanol–water partition coefficient (Wildman–Crippen LogP) is 4.07. The number of aromatic nitrogens is 2. The molecule has 1 aromatic heterocycles. The van der Waals surface area contributed by atoms with Crippen LogP contribution in [0.2, 0.25) is 0 Å². The summed E-state index contributed by atoms with van der Waals surface area (Å²) in [6, 6.07) is 10.6. The number of carbonyl (C=O) groups excluding carboxylic acids is 1. The molecule has 1 heterocycles. The van der Waals surface area contributed by atoms with E-state index in [9.17, 15) is 4.79 Å². The van der Waals surface area contributed by atoms with E-state index in [4.69, 9.17) is 0 Å². The maximum Gasteiger partial charge on any atom is 0.149 e. The number of Topliss-reactive ketones (excluding diaryl/α,β-unsaturated/α-hetero) is 1. The summed E-state index contributed by atoms with van der Waals surface area (Å²) in [5.41, 5.74) is 2.10. The number of benzene rings is 1. The van der Waals surface area contributed by atoms with Crippen molar-refractivity contribution >= 4 is 17.5 Å². The minimum absolute atomic E-state index is 0.218. The highest BCUT2D eigenvalue weighted by atomic mass is 32.2. The van der Waals surface area contributed by atoms with Crippen molar-refractivity contribution in [2.24, 2.45) is 0 Å². The normalized spacial score (nSPS) is 12.3. The van der Waals surface area contributed by atoms with Gasteiger partial charge in [-0.3, -0.25) is 9.48 Å².